The van der Waals surface area contributed by atoms with Gasteiger partial charge in [-0.25, -0.2) is 13.2 Å². The van der Waals surface area contributed by atoms with Crippen molar-refractivity contribution in [2.75, 3.05) is 4.72 Å². The van der Waals surface area contributed by atoms with Gasteiger partial charge in [0.15, 0.2) is 0 Å². The predicted molar refractivity (Wildman–Crippen MR) is 88.1 cm³/mol. The van der Waals surface area contributed by atoms with E-state index in [0.717, 1.165) is 17.7 Å². The van der Waals surface area contributed by atoms with E-state index in [-0.39, 0.29) is 21.9 Å². The normalized spacial score (nSPS) is 11.2. The molecular weight excluding hydrogens is 334 g/mol. The van der Waals surface area contributed by atoms with Gasteiger partial charge in [0.1, 0.15) is 17.1 Å². The minimum absolute atomic E-state index is 0.00120. The van der Waals surface area contributed by atoms with Gasteiger partial charge in [0.05, 0.1) is 10.6 Å². The molecule has 2 aromatic carbocycles. The number of aromatic carboxylic acids is 1. The van der Waals surface area contributed by atoms with Gasteiger partial charge < -0.3 is 15.3 Å². The number of phenolic OH excluding ortho intramolecular Hbond substituents is 1. The third-order valence-electron chi connectivity index (χ3n) is 3.53. The van der Waals surface area contributed by atoms with Crippen molar-refractivity contribution >= 4 is 21.7 Å². The summed E-state index contributed by atoms with van der Waals surface area (Å²) >= 11 is 0. The fourth-order valence-corrected chi connectivity index (χ4v) is 3.54. The summed E-state index contributed by atoms with van der Waals surface area (Å²) in [6.07, 6.45) is 0.649. The van der Waals surface area contributed by atoms with Crippen molar-refractivity contribution in [1.29, 1.82) is 0 Å². The Bertz CT molecular complexity index is 905. The molecule has 0 saturated carbocycles. The number of anilines is 1. The van der Waals surface area contributed by atoms with Crippen LogP contribution in [0.2, 0.25) is 0 Å². The van der Waals surface area contributed by atoms with Crippen LogP contribution in [0.3, 0.4) is 0 Å². The molecule has 0 radical (unpaired) electrons. The van der Waals surface area contributed by atoms with Crippen LogP contribution < -0.4 is 4.72 Å². The van der Waals surface area contributed by atoms with Crippen LogP contribution in [-0.4, -0.2) is 29.7 Å². The van der Waals surface area contributed by atoms with E-state index in [0.29, 0.717) is 6.42 Å². The zero-order chi connectivity index (χ0) is 18.1. The van der Waals surface area contributed by atoms with Crippen LogP contribution in [0.4, 0.5) is 5.69 Å². The molecule has 0 spiro atoms. The summed E-state index contributed by atoms with van der Waals surface area (Å²) in [6, 6.07) is 6.50. The number of carboxylic acids is 1. The van der Waals surface area contributed by atoms with E-state index in [1.807, 2.05) is 6.92 Å². The highest BCUT2D eigenvalue weighted by atomic mass is 32.2. The molecule has 0 amide bonds. The van der Waals surface area contributed by atoms with E-state index in [4.69, 9.17) is 5.11 Å². The number of carbonyl (C=O) groups is 1. The number of rotatable bonds is 5. The highest BCUT2D eigenvalue weighted by molar-refractivity contribution is 7.92. The van der Waals surface area contributed by atoms with E-state index in [1.165, 1.54) is 19.1 Å². The van der Waals surface area contributed by atoms with Crippen molar-refractivity contribution in [3.05, 3.63) is 47.0 Å². The first-order valence-corrected chi connectivity index (χ1v) is 8.55. The van der Waals surface area contributed by atoms with Crippen LogP contribution in [-0.2, 0) is 16.4 Å². The lowest BCUT2D eigenvalue weighted by molar-refractivity contribution is 0.0693. The average molecular weight is 351 g/mol. The Morgan fingerprint density at radius 3 is 2.38 bits per heavy atom. The van der Waals surface area contributed by atoms with Crippen molar-refractivity contribution in [3.63, 3.8) is 0 Å². The lowest BCUT2D eigenvalue weighted by Gasteiger charge is -2.13. The summed E-state index contributed by atoms with van der Waals surface area (Å²) in [5.41, 5.74) is 0.474. The predicted octanol–water partition coefficient (Wildman–Crippen LogP) is 2.47. The Morgan fingerprint density at radius 2 is 1.79 bits per heavy atom. The van der Waals surface area contributed by atoms with E-state index in [9.17, 15) is 23.4 Å². The van der Waals surface area contributed by atoms with Crippen molar-refractivity contribution in [3.8, 4) is 11.5 Å². The summed E-state index contributed by atoms with van der Waals surface area (Å²) in [5, 5.41) is 28.5. The molecular formula is C16H17NO6S. The molecule has 0 aliphatic carbocycles. The Kier molecular flexibility index (Phi) is 4.70. The van der Waals surface area contributed by atoms with E-state index in [1.54, 1.807) is 6.07 Å². The molecule has 0 unspecified atom stereocenters. The van der Waals surface area contributed by atoms with Gasteiger partial charge in [-0.05, 0) is 48.7 Å². The first-order valence-electron chi connectivity index (χ1n) is 7.07. The van der Waals surface area contributed by atoms with Crippen LogP contribution >= 0.6 is 0 Å². The number of carboxylic acid groups (broad SMARTS) is 1. The zero-order valence-corrected chi connectivity index (χ0v) is 13.9. The quantitative estimate of drug-likeness (QED) is 0.614. The maximum atomic E-state index is 12.6. The van der Waals surface area contributed by atoms with Gasteiger partial charge in [-0.1, -0.05) is 13.0 Å². The standard InChI is InChI=1S/C16H17NO6S/c1-3-10-4-5-13(18)12(7-10)17-24(22,23)15-8-11(16(20)21)14(19)6-9(15)2/h4-8,17-19H,3H2,1-2H3,(H,20,21). The molecule has 0 aliphatic heterocycles. The molecule has 7 nitrogen and oxygen atoms in total. The van der Waals surface area contributed by atoms with Gasteiger partial charge in [0.2, 0.25) is 0 Å². The number of aromatic hydroxyl groups is 2. The molecule has 0 bridgehead atoms. The molecule has 2 aromatic rings. The number of sulfonamides is 1. The Labute approximate surface area is 139 Å². The summed E-state index contributed by atoms with van der Waals surface area (Å²) in [4.78, 5) is 10.8. The van der Waals surface area contributed by atoms with Crippen molar-refractivity contribution in [2.45, 2.75) is 25.2 Å². The molecule has 0 aromatic heterocycles. The number of hydrogen-bond donors (Lipinski definition) is 4. The lowest BCUT2D eigenvalue weighted by atomic mass is 10.1. The first kappa shape index (κ1) is 17.6. The summed E-state index contributed by atoms with van der Waals surface area (Å²) in [5.74, 6) is -2.21. The Hall–Kier alpha value is -2.74. The number of nitrogens with one attached hydrogen (secondary N) is 1. The third-order valence-corrected chi connectivity index (χ3v) is 5.03. The van der Waals surface area contributed by atoms with Gasteiger partial charge >= 0.3 is 5.97 Å². The minimum Gasteiger partial charge on any atom is -0.507 e. The zero-order valence-electron chi connectivity index (χ0n) is 13.1. The first-order chi connectivity index (χ1) is 11.2. The molecule has 24 heavy (non-hydrogen) atoms. The molecule has 0 saturated heterocycles. The monoisotopic (exact) mass is 351 g/mol. The summed E-state index contributed by atoms with van der Waals surface area (Å²) < 4.78 is 27.4. The van der Waals surface area contributed by atoms with Crippen LogP contribution in [0.25, 0.3) is 0 Å². The van der Waals surface area contributed by atoms with Crippen LogP contribution in [0.5, 0.6) is 11.5 Å². The van der Waals surface area contributed by atoms with E-state index in [2.05, 4.69) is 4.72 Å². The Balaban J connectivity index is 2.52. The van der Waals surface area contributed by atoms with Crippen LogP contribution in [0.1, 0.15) is 28.4 Å². The van der Waals surface area contributed by atoms with Gasteiger partial charge in [0.25, 0.3) is 10.0 Å². The third kappa shape index (κ3) is 3.43. The van der Waals surface area contributed by atoms with Gasteiger partial charge in [-0.2, -0.15) is 0 Å². The second-order valence-electron chi connectivity index (χ2n) is 5.25. The SMILES string of the molecule is CCc1ccc(O)c(NS(=O)(=O)c2cc(C(=O)O)c(O)cc2C)c1. The van der Waals surface area contributed by atoms with Crippen LogP contribution in [0.15, 0.2) is 35.2 Å². The highest BCUT2D eigenvalue weighted by Crippen LogP contribution is 2.30. The van der Waals surface area contributed by atoms with Crippen LogP contribution in [0, 0.1) is 6.92 Å². The molecule has 0 heterocycles. The summed E-state index contributed by atoms with van der Waals surface area (Å²) in [6.45, 7) is 3.32. The average Bonchev–Trinajstić information content (AvgIpc) is 2.48. The minimum atomic E-state index is -4.15. The molecule has 128 valence electrons. The maximum Gasteiger partial charge on any atom is 0.339 e. The summed E-state index contributed by atoms with van der Waals surface area (Å²) in [7, 11) is -4.15. The van der Waals surface area contributed by atoms with Gasteiger partial charge in [-0.15, -0.1) is 0 Å². The lowest BCUT2D eigenvalue weighted by Crippen LogP contribution is -2.15. The van der Waals surface area contributed by atoms with Gasteiger partial charge in [-0.3, -0.25) is 4.72 Å². The molecule has 0 aliphatic rings. The molecule has 8 heteroatoms. The number of aryl methyl sites for hydroxylation is 2. The van der Waals surface area contributed by atoms with E-state index < -0.39 is 27.3 Å². The van der Waals surface area contributed by atoms with E-state index >= 15 is 0 Å². The second kappa shape index (κ2) is 6.40. The fourth-order valence-electron chi connectivity index (χ4n) is 2.22. The maximum absolute atomic E-state index is 12.6. The molecule has 0 fully saturated rings. The molecule has 4 N–H and O–H groups in total. The van der Waals surface area contributed by atoms with Crippen molar-refractivity contribution in [2.24, 2.45) is 0 Å². The number of hydrogen-bond acceptors (Lipinski definition) is 5. The fraction of sp³-hybridized carbons (Fsp3) is 0.188. The van der Waals surface area contributed by atoms with Crippen molar-refractivity contribution < 1.29 is 28.5 Å². The smallest absolute Gasteiger partial charge is 0.339 e. The van der Waals surface area contributed by atoms with Crippen molar-refractivity contribution in [1.82, 2.24) is 0 Å². The number of benzene rings is 2. The topological polar surface area (TPSA) is 124 Å². The largest absolute Gasteiger partial charge is 0.507 e. The Morgan fingerprint density at radius 1 is 1.12 bits per heavy atom. The second-order valence-corrected chi connectivity index (χ2v) is 6.90. The molecule has 0 atom stereocenters. The molecule has 2 rings (SSSR count). The van der Waals surface area contributed by atoms with Gasteiger partial charge in [0, 0.05) is 0 Å². The highest BCUT2D eigenvalue weighted by Gasteiger charge is 2.23. The number of phenols is 2.